The summed E-state index contributed by atoms with van der Waals surface area (Å²) in [5.74, 6) is 1.66. The number of hydrogen-bond acceptors (Lipinski definition) is 2. The number of benzene rings is 5. The Balaban J connectivity index is 1.59. The summed E-state index contributed by atoms with van der Waals surface area (Å²) in [5, 5.41) is 9.90. The molecule has 0 fully saturated rings. The van der Waals surface area contributed by atoms with Crippen molar-refractivity contribution in [3.05, 3.63) is 142 Å². The van der Waals surface area contributed by atoms with Crippen LogP contribution in [0.1, 0.15) is 27.8 Å². The summed E-state index contributed by atoms with van der Waals surface area (Å²) in [6.45, 7) is 0. The average Bonchev–Trinajstić information content (AvgIpc) is 3.20. The van der Waals surface area contributed by atoms with Gasteiger partial charge in [-0.2, -0.15) is 5.26 Å². The number of rotatable bonds is 1. The van der Waals surface area contributed by atoms with E-state index >= 15 is 0 Å². The lowest BCUT2D eigenvalue weighted by Crippen LogP contribution is -2.32. The van der Waals surface area contributed by atoms with Crippen LogP contribution < -0.4 is 4.74 Å². The van der Waals surface area contributed by atoms with E-state index in [2.05, 4.69) is 72.8 Å². The SMILES string of the molecule is N#Cc1ccc(-c2ccc3c(c2)C2(c4cc(Cl)ccc4O3)c3ccccc3-c3ccccc32)cc1. The van der Waals surface area contributed by atoms with E-state index in [-0.39, 0.29) is 0 Å². The van der Waals surface area contributed by atoms with E-state index in [0.717, 1.165) is 33.8 Å². The van der Waals surface area contributed by atoms with Gasteiger partial charge in [0.2, 0.25) is 0 Å². The molecule has 35 heavy (non-hydrogen) atoms. The minimum Gasteiger partial charge on any atom is -0.457 e. The third-order valence-corrected chi connectivity index (χ3v) is 7.48. The monoisotopic (exact) mass is 467 g/mol. The van der Waals surface area contributed by atoms with Crippen LogP contribution in [0.4, 0.5) is 0 Å². The van der Waals surface area contributed by atoms with Gasteiger partial charge in [0.15, 0.2) is 0 Å². The summed E-state index contributed by atoms with van der Waals surface area (Å²) in [5.41, 5.74) is 9.27. The highest BCUT2D eigenvalue weighted by Crippen LogP contribution is 2.62. The van der Waals surface area contributed by atoms with Gasteiger partial charge in [-0.05, 0) is 75.8 Å². The van der Waals surface area contributed by atoms with E-state index in [1.54, 1.807) is 0 Å². The molecule has 1 aliphatic heterocycles. The van der Waals surface area contributed by atoms with Crippen LogP contribution in [0, 0.1) is 11.3 Å². The van der Waals surface area contributed by atoms with Crippen molar-refractivity contribution >= 4 is 11.6 Å². The van der Waals surface area contributed by atoms with Crippen molar-refractivity contribution in [2.75, 3.05) is 0 Å². The van der Waals surface area contributed by atoms with E-state index in [9.17, 15) is 5.26 Å². The molecule has 2 aliphatic rings. The standard InChI is InChI=1S/C32H18ClNO/c33-23-14-16-31-29(18-23)32(26-7-3-1-5-24(26)25-6-2-4-8-27(25)32)28-17-22(13-15-30(28)35-31)21-11-9-20(19-34)10-12-21/h1-18H. The molecule has 1 heterocycles. The highest BCUT2D eigenvalue weighted by molar-refractivity contribution is 6.30. The Labute approximate surface area is 208 Å². The maximum absolute atomic E-state index is 9.22. The lowest BCUT2D eigenvalue weighted by atomic mass is 9.66. The zero-order valence-corrected chi connectivity index (χ0v) is 19.4. The van der Waals surface area contributed by atoms with Crippen molar-refractivity contribution < 1.29 is 4.74 Å². The number of halogens is 1. The van der Waals surface area contributed by atoms with Gasteiger partial charge in [0, 0.05) is 16.1 Å². The third kappa shape index (κ3) is 2.71. The minimum absolute atomic E-state index is 0.552. The highest BCUT2D eigenvalue weighted by atomic mass is 35.5. The molecular formula is C32H18ClNO. The van der Waals surface area contributed by atoms with E-state index < -0.39 is 5.41 Å². The molecule has 0 radical (unpaired) electrons. The van der Waals surface area contributed by atoms with Crippen LogP contribution in [0.2, 0.25) is 5.02 Å². The first kappa shape index (κ1) is 20.1. The van der Waals surface area contributed by atoms with Gasteiger partial charge in [-0.1, -0.05) is 78.3 Å². The summed E-state index contributed by atoms with van der Waals surface area (Å²) < 4.78 is 6.47. The molecule has 0 amide bonds. The maximum Gasteiger partial charge on any atom is 0.132 e. The molecule has 0 N–H and O–H groups in total. The number of ether oxygens (including phenoxy) is 1. The summed E-state index contributed by atoms with van der Waals surface area (Å²) in [6, 6.07) is 39.5. The molecule has 0 atom stereocenters. The Kier molecular flexibility index (Phi) is 4.21. The van der Waals surface area contributed by atoms with Gasteiger partial charge in [-0.25, -0.2) is 0 Å². The third-order valence-electron chi connectivity index (χ3n) is 7.25. The van der Waals surface area contributed by atoms with Crippen molar-refractivity contribution in [3.63, 3.8) is 0 Å². The smallest absolute Gasteiger partial charge is 0.132 e. The predicted octanol–water partition coefficient (Wildman–Crippen LogP) is 8.35. The average molecular weight is 468 g/mol. The van der Waals surface area contributed by atoms with Gasteiger partial charge in [-0.15, -0.1) is 0 Å². The Morgan fingerprint density at radius 3 is 1.83 bits per heavy atom. The second kappa shape index (κ2) is 7.34. The van der Waals surface area contributed by atoms with Crippen LogP contribution in [-0.2, 0) is 5.41 Å². The first-order chi connectivity index (χ1) is 17.2. The zero-order valence-electron chi connectivity index (χ0n) is 18.6. The quantitative estimate of drug-likeness (QED) is 0.243. The van der Waals surface area contributed by atoms with Gasteiger partial charge in [-0.3, -0.25) is 0 Å². The van der Waals surface area contributed by atoms with Crippen LogP contribution >= 0.6 is 11.6 Å². The Hall–Kier alpha value is -4.32. The number of nitrogens with zero attached hydrogens (tertiary/aromatic N) is 1. The summed E-state index contributed by atoms with van der Waals surface area (Å²) >= 11 is 6.59. The first-order valence-corrected chi connectivity index (χ1v) is 11.9. The maximum atomic E-state index is 9.22. The molecule has 7 rings (SSSR count). The van der Waals surface area contributed by atoms with Gasteiger partial charge >= 0.3 is 0 Å². The lowest BCUT2D eigenvalue weighted by Gasteiger charge is -2.39. The summed E-state index contributed by atoms with van der Waals surface area (Å²) in [7, 11) is 0. The Morgan fingerprint density at radius 2 is 1.17 bits per heavy atom. The van der Waals surface area contributed by atoms with Crippen LogP contribution in [0.3, 0.4) is 0 Å². The number of nitriles is 1. The summed E-state index contributed by atoms with van der Waals surface area (Å²) in [4.78, 5) is 0. The molecule has 1 spiro atoms. The van der Waals surface area contributed by atoms with Gasteiger partial charge in [0.25, 0.3) is 0 Å². The van der Waals surface area contributed by atoms with Crippen molar-refractivity contribution in [2.24, 2.45) is 0 Å². The second-order valence-corrected chi connectivity index (χ2v) is 9.42. The molecule has 0 saturated carbocycles. The van der Waals surface area contributed by atoms with Gasteiger partial charge in [0.05, 0.1) is 17.0 Å². The Bertz CT molecular complexity index is 1650. The van der Waals surface area contributed by atoms with Crippen LogP contribution in [0.25, 0.3) is 22.3 Å². The van der Waals surface area contributed by atoms with Gasteiger partial charge < -0.3 is 4.74 Å². The predicted molar refractivity (Wildman–Crippen MR) is 139 cm³/mol. The van der Waals surface area contributed by atoms with Crippen molar-refractivity contribution in [1.29, 1.82) is 5.26 Å². The molecule has 5 aromatic carbocycles. The van der Waals surface area contributed by atoms with Crippen LogP contribution in [-0.4, -0.2) is 0 Å². The number of hydrogen-bond donors (Lipinski definition) is 0. The topological polar surface area (TPSA) is 33.0 Å². The molecule has 5 aromatic rings. The fourth-order valence-corrected chi connectivity index (χ4v) is 5.96. The second-order valence-electron chi connectivity index (χ2n) is 8.98. The highest BCUT2D eigenvalue weighted by Gasteiger charge is 2.51. The molecule has 2 nitrogen and oxygen atoms in total. The molecule has 1 aliphatic carbocycles. The molecule has 0 bridgehead atoms. The van der Waals surface area contributed by atoms with Crippen LogP contribution in [0.5, 0.6) is 11.5 Å². The normalized spacial score (nSPS) is 13.7. The zero-order chi connectivity index (χ0) is 23.6. The van der Waals surface area contributed by atoms with E-state index in [1.807, 2.05) is 42.5 Å². The van der Waals surface area contributed by atoms with Gasteiger partial charge in [0.1, 0.15) is 11.5 Å². The fourth-order valence-electron chi connectivity index (χ4n) is 5.79. The fraction of sp³-hybridized carbons (Fsp3) is 0.0312. The summed E-state index contributed by atoms with van der Waals surface area (Å²) in [6.07, 6.45) is 0. The van der Waals surface area contributed by atoms with E-state index in [0.29, 0.717) is 10.6 Å². The Morgan fingerprint density at radius 1 is 0.600 bits per heavy atom. The number of fused-ring (bicyclic) bond motifs is 9. The molecule has 0 unspecified atom stereocenters. The van der Waals surface area contributed by atoms with Crippen LogP contribution in [0.15, 0.2) is 109 Å². The largest absolute Gasteiger partial charge is 0.457 e. The molecular weight excluding hydrogens is 450 g/mol. The van der Waals surface area contributed by atoms with E-state index in [1.165, 1.54) is 22.3 Å². The molecule has 0 aromatic heterocycles. The minimum atomic E-state index is -0.552. The van der Waals surface area contributed by atoms with Crippen molar-refractivity contribution in [3.8, 4) is 39.8 Å². The van der Waals surface area contributed by atoms with Crippen molar-refractivity contribution in [1.82, 2.24) is 0 Å². The first-order valence-electron chi connectivity index (χ1n) is 11.5. The van der Waals surface area contributed by atoms with Crippen molar-refractivity contribution in [2.45, 2.75) is 5.41 Å². The molecule has 0 saturated heterocycles. The lowest BCUT2D eigenvalue weighted by molar-refractivity contribution is 0.436. The van der Waals surface area contributed by atoms with E-state index in [4.69, 9.17) is 16.3 Å². The molecule has 164 valence electrons. The molecule has 3 heteroatoms.